The molecule has 6 nitrogen and oxygen atoms in total. The highest BCUT2D eigenvalue weighted by atomic mass is 35.5. The van der Waals surface area contributed by atoms with Crippen LogP contribution in [-0.4, -0.2) is 21.7 Å². The average Bonchev–Trinajstić information content (AvgIpc) is 2.63. The van der Waals surface area contributed by atoms with Crippen LogP contribution in [0.25, 0.3) is 0 Å². The normalized spacial score (nSPS) is 10.3. The summed E-state index contributed by atoms with van der Waals surface area (Å²) in [6.07, 6.45) is 0. The Morgan fingerprint density at radius 3 is 2.41 bits per heavy atom. The summed E-state index contributed by atoms with van der Waals surface area (Å²) >= 11 is 5.88. The Morgan fingerprint density at radius 2 is 1.70 bits per heavy atom. The van der Waals surface area contributed by atoms with Crippen molar-refractivity contribution in [2.45, 2.75) is 13.8 Å². The molecule has 3 rings (SSSR count). The topological polar surface area (TPSA) is 84.0 Å². The maximum atomic E-state index is 12.6. The van der Waals surface area contributed by atoms with Gasteiger partial charge in [0.2, 0.25) is 5.95 Å². The summed E-state index contributed by atoms with van der Waals surface area (Å²) in [7, 11) is 0. The van der Waals surface area contributed by atoms with Crippen molar-refractivity contribution in [3.8, 4) is 0 Å². The molecule has 0 saturated carbocycles. The first-order valence-corrected chi connectivity index (χ1v) is 8.59. The summed E-state index contributed by atoms with van der Waals surface area (Å²) in [4.78, 5) is 32.6. The van der Waals surface area contributed by atoms with E-state index in [4.69, 9.17) is 11.6 Å². The number of amides is 1. The number of benzene rings is 2. The number of aromatic nitrogens is 2. The Balaban J connectivity index is 1.80. The molecule has 2 N–H and O–H groups in total. The minimum absolute atomic E-state index is 0.0709. The number of halogens is 1. The minimum Gasteiger partial charge on any atom is -0.324 e. The highest BCUT2D eigenvalue weighted by Gasteiger charge is 2.12. The van der Waals surface area contributed by atoms with E-state index in [0.29, 0.717) is 27.9 Å². The van der Waals surface area contributed by atoms with Gasteiger partial charge in [-0.1, -0.05) is 23.7 Å². The largest absolute Gasteiger partial charge is 0.324 e. The van der Waals surface area contributed by atoms with Gasteiger partial charge >= 0.3 is 0 Å². The third-order valence-corrected chi connectivity index (χ3v) is 3.97. The minimum atomic E-state index is -0.389. The zero-order chi connectivity index (χ0) is 19.4. The Morgan fingerprint density at radius 1 is 0.963 bits per heavy atom. The number of carbonyl (C=O) groups is 2. The van der Waals surface area contributed by atoms with Crippen molar-refractivity contribution in [2.75, 3.05) is 10.6 Å². The molecule has 0 aliphatic rings. The summed E-state index contributed by atoms with van der Waals surface area (Å²) in [5.41, 5.74) is 2.66. The molecule has 136 valence electrons. The monoisotopic (exact) mass is 380 g/mol. The van der Waals surface area contributed by atoms with E-state index in [1.165, 1.54) is 6.92 Å². The Bertz CT molecular complexity index is 1000. The zero-order valence-electron chi connectivity index (χ0n) is 14.8. The molecule has 2 aromatic carbocycles. The molecule has 27 heavy (non-hydrogen) atoms. The predicted octanol–water partition coefficient (Wildman–Crippen LogP) is 4.64. The van der Waals surface area contributed by atoms with Gasteiger partial charge in [0.15, 0.2) is 5.78 Å². The lowest BCUT2D eigenvalue weighted by atomic mass is 10.1. The highest BCUT2D eigenvalue weighted by Crippen LogP contribution is 2.18. The zero-order valence-corrected chi connectivity index (χ0v) is 15.5. The number of rotatable bonds is 5. The lowest BCUT2D eigenvalue weighted by Gasteiger charge is -2.09. The van der Waals surface area contributed by atoms with E-state index in [-0.39, 0.29) is 17.4 Å². The average molecular weight is 381 g/mol. The first-order valence-electron chi connectivity index (χ1n) is 8.21. The molecule has 0 atom stereocenters. The third-order valence-electron chi connectivity index (χ3n) is 3.71. The van der Waals surface area contributed by atoms with E-state index in [2.05, 4.69) is 20.6 Å². The molecule has 7 heteroatoms. The van der Waals surface area contributed by atoms with Crippen molar-refractivity contribution in [3.63, 3.8) is 0 Å². The number of hydrogen-bond donors (Lipinski definition) is 2. The molecular formula is C20H17ClN4O2. The van der Waals surface area contributed by atoms with Gasteiger partial charge in [0, 0.05) is 27.7 Å². The molecule has 0 bridgehead atoms. The number of aryl methyl sites for hydroxylation is 1. The van der Waals surface area contributed by atoms with Gasteiger partial charge in [-0.05, 0) is 56.3 Å². The summed E-state index contributed by atoms with van der Waals surface area (Å²) in [6.45, 7) is 3.26. The Hall–Kier alpha value is -3.25. The van der Waals surface area contributed by atoms with Gasteiger partial charge in [0.1, 0.15) is 5.69 Å². The van der Waals surface area contributed by atoms with Gasteiger partial charge in [0.25, 0.3) is 5.91 Å². The molecule has 1 aromatic heterocycles. The molecular weight excluding hydrogens is 364 g/mol. The number of nitrogens with zero attached hydrogens (tertiary/aromatic N) is 2. The number of Topliss-reactive ketones (excluding diaryl/α,β-unsaturated/α-hetero) is 1. The predicted molar refractivity (Wildman–Crippen MR) is 106 cm³/mol. The fourth-order valence-corrected chi connectivity index (χ4v) is 2.54. The van der Waals surface area contributed by atoms with Gasteiger partial charge in [-0.3, -0.25) is 9.59 Å². The summed E-state index contributed by atoms with van der Waals surface area (Å²) in [6, 6.07) is 15.4. The van der Waals surface area contributed by atoms with E-state index in [1.807, 2.05) is 0 Å². The maximum Gasteiger partial charge on any atom is 0.274 e. The van der Waals surface area contributed by atoms with Gasteiger partial charge in [0.05, 0.1) is 0 Å². The molecule has 0 aliphatic carbocycles. The first kappa shape index (κ1) is 18.5. The number of ketones is 1. The molecule has 1 amide bonds. The van der Waals surface area contributed by atoms with Crippen molar-refractivity contribution < 1.29 is 9.59 Å². The van der Waals surface area contributed by atoms with Crippen LogP contribution in [-0.2, 0) is 0 Å². The van der Waals surface area contributed by atoms with Crippen LogP contribution < -0.4 is 10.6 Å². The number of anilines is 3. The van der Waals surface area contributed by atoms with Crippen LogP contribution in [0.2, 0.25) is 5.02 Å². The Kier molecular flexibility index (Phi) is 5.47. The summed E-state index contributed by atoms with van der Waals surface area (Å²) in [5, 5.41) is 6.43. The number of nitrogens with one attached hydrogen (secondary N) is 2. The first-order chi connectivity index (χ1) is 12.9. The number of carbonyl (C=O) groups excluding carboxylic acids is 2. The molecule has 0 unspecified atom stereocenters. The van der Waals surface area contributed by atoms with Crippen molar-refractivity contribution in [3.05, 3.63) is 76.6 Å². The van der Waals surface area contributed by atoms with Crippen molar-refractivity contribution in [2.24, 2.45) is 0 Å². The van der Waals surface area contributed by atoms with Crippen LogP contribution in [0.5, 0.6) is 0 Å². The second-order valence-corrected chi connectivity index (χ2v) is 6.38. The lowest BCUT2D eigenvalue weighted by molar-refractivity contribution is 0.100. The van der Waals surface area contributed by atoms with Crippen molar-refractivity contribution >= 4 is 40.6 Å². The fourth-order valence-electron chi connectivity index (χ4n) is 2.41. The summed E-state index contributed by atoms with van der Waals surface area (Å²) < 4.78 is 0. The van der Waals surface area contributed by atoms with Crippen LogP contribution in [0.4, 0.5) is 17.3 Å². The SMILES string of the molecule is CC(=O)c1cccc(NC(=O)c2cc(C)nc(Nc3ccc(Cl)cc3)n2)c1. The molecule has 0 aliphatic heterocycles. The summed E-state index contributed by atoms with van der Waals surface area (Å²) in [5.74, 6) is -0.154. The van der Waals surface area contributed by atoms with Crippen molar-refractivity contribution in [1.29, 1.82) is 0 Å². The van der Waals surface area contributed by atoms with Gasteiger partial charge in [-0.25, -0.2) is 9.97 Å². The maximum absolute atomic E-state index is 12.6. The molecule has 0 fully saturated rings. The Labute approximate surface area is 161 Å². The molecule has 0 saturated heterocycles. The van der Waals surface area contributed by atoms with Crippen LogP contribution in [0.1, 0.15) is 33.5 Å². The quantitative estimate of drug-likeness (QED) is 0.630. The molecule has 0 radical (unpaired) electrons. The van der Waals surface area contributed by atoms with Crippen LogP contribution in [0.15, 0.2) is 54.6 Å². The van der Waals surface area contributed by atoms with E-state index < -0.39 is 0 Å². The molecule has 0 spiro atoms. The van der Waals surface area contributed by atoms with E-state index in [9.17, 15) is 9.59 Å². The lowest BCUT2D eigenvalue weighted by Crippen LogP contribution is -2.15. The second kappa shape index (κ2) is 7.97. The van der Waals surface area contributed by atoms with E-state index in [1.54, 1.807) is 61.5 Å². The number of hydrogen-bond acceptors (Lipinski definition) is 5. The van der Waals surface area contributed by atoms with Crippen molar-refractivity contribution in [1.82, 2.24) is 9.97 Å². The van der Waals surface area contributed by atoms with E-state index >= 15 is 0 Å². The van der Waals surface area contributed by atoms with Crippen LogP contribution in [0, 0.1) is 6.92 Å². The smallest absolute Gasteiger partial charge is 0.274 e. The van der Waals surface area contributed by atoms with Gasteiger partial charge < -0.3 is 10.6 Å². The fraction of sp³-hybridized carbons (Fsp3) is 0.100. The van der Waals surface area contributed by atoms with Gasteiger partial charge in [-0.15, -0.1) is 0 Å². The highest BCUT2D eigenvalue weighted by molar-refractivity contribution is 6.30. The van der Waals surface area contributed by atoms with Gasteiger partial charge in [-0.2, -0.15) is 0 Å². The van der Waals surface area contributed by atoms with Crippen LogP contribution >= 0.6 is 11.6 Å². The van der Waals surface area contributed by atoms with Crippen LogP contribution in [0.3, 0.4) is 0 Å². The second-order valence-electron chi connectivity index (χ2n) is 5.94. The molecule has 1 heterocycles. The van der Waals surface area contributed by atoms with E-state index in [0.717, 1.165) is 5.69 Å². The standard InChI is InChI=1S/C20H17ClN4O2/c1-12-10-18(19(27)23-17-5-3-4-14(11-17)13(2)26)25-20(22-12)24-16-8-6-15(21)7-9-16/h3-11H,1-2H3,(H,23,27)(H,22,24,25). The third kappa shape index (κ3) is 4.89. The molecule has 3 aromatic rings.